The summed E-state index contributed by atoms with van der Waals surface area (Å²) in [5, 5.41) is 3.43. The Kier molecular flexibility index (Phi) is 3.35. The van der Waals surface area contributed by atoms with E-state index in [1.54, 1.807) is 0 Å². The van der Waals surface area contributed by atoms with Gasteiger partial charge in [0.05, 0.1) is 5.54 Å². The van der Waals surface area contributed by atoms with Gasteiger partial charge in [-0.15, -0.1) is 0 Å². The summed E-state index contributed by atoms with van der Waals surface area (Å²) in [4.78, 5) is 15.1. The number of piperidine rings is 1. The maximum absolute atomic E-state index is 12.8. The second-order valence-electron chi connectivity index (χ2n) is 6.62. The van der Waals surface area contributed by atoms with Gasteiger partial charge in [-0.05, 0) is 57.9 Å². The molecule has 1 amide bonds. The van der Waals surface area contributed by atoms with E-state index in [2.05, 4.69) is 17.1 Å². The number of nitrogens with one attached hydrogen (secondary N) is 1. The molecule has 0 radical (unpaired) electrons. The van der Waals surface area contributed by atoms with Gasteiger partial charge in [0, 0.05) is 12.6 Å². The molecule has 1 aliphatic carbocycles. The summed E-state index contributed by atoms with van der Waals surface area (Å²) in [7, 11) is 0. The van der Waals surface area contributed by atoms with Gasteiger partial charge in [-0.25, -0.2) is 0 Å². The first-order valence-electron chi connectivity index (χ1n) is 7.77. The van der Waals surface area contributed by atoms with Crippen LogP contribution in [0.5, 0.6) is 0 Å². The van der Waals surface area contributed by atoms with Crippen molar-refractivity contribution in [3.8, 4) is 0 Å². The van der Waals surface area contributed by atoms with Gasteiger partial charge in [-0.3, -0.25) is 4.79 Å². The maximum Gasteiger partial charge on any atom is 0.242 e. The van der Waals surface area contributed by atoms with Crippen molar-refractivity contribution in [1.29, 1.82) is 0 Å². The van der Waals surface area contributed by atoms with Crippen molar-refractivity contribution in [2.45, 2.75) is 69.9 Å². The van der Waals surface area contributed by atoms with Gasteiger partial charge in [0.1, 0.15) is 0 Å². The minimum atomic E-state index is -0.265. The van der Waals surface area contributed by atoms with E-state index >= 15 is 0 Å². The average molecular weight is 250 g/mol. The van der Waals surface area contributed by atoms with E-state index in [-0.39, 0.29) is 5.54 Å². The summed E-state index contributed by atoms with van der Waals surface area (Å²) in [6, 6.07) is 0.555. The number of carbonyl (C=O) groups excluding carboxylic acids is 1. The Labute approximate surface area is 110 Å². The summed E-state index contributed by atoms with van der Waals surface area (Å²) in [6.45, 7) is 4.11. The third kappa shape index (κ3) is 2.07. The number of nitrogens with zero attached hydrogens (tertiary/aromatic N) is 1. The van der Waals surface area contributed by atoms with Crippen LogP contribution in [0.1, 0.15) is 58.3 Å². The van der Waals surface area contributed by atoms with Crippen LogP contribution in [-0.2, 0) is 4.79 Å². The SMILES string of the molecule is CC1(C(=O)N2CCC[C@H]3CCCC[C@H]32)CCCN1. The summed E-state index contributed by atoms with van der Waals surface area (Å²) in [5.74, 6) is 1.18. The predicted molar refractivity (Wildman–Crippen MR) is 72.3 cm³/mol. The standard InChI is InChI=1S/C15H26N2O/c1-15(9-5-10-16-15)14(18)17-11-4-7-12-6-2-3-8-13(12)17/h12-13,16H,2-11H2,1H3/t12-,13-,15?/m1/s1. The van der Waals surface area contributed by atoms with Crippen LogP contribution in [0.15, 0.2) is 0 Å². The largest absolute Gasteiger partial charge is 0.338 e. The van der Waals surface area contributed by atoms with Crippen LogP contribution in [0.25, 0.3) is 0 Å². The molecule has 0 aromatic heterocycles. The minimum Gasteiger partial charge on any atom is -0.338 e. The second-order valence-corrected chi connectivity index (χ2v) is 6.62. The van der Waals surface area contributed by atoms with Crippen LogP contribution < -0.4 is 5.32 Å². The Hall–Kier alpha value is -0.570. The molecule has 2 saturated heterocycles. The lowest BCUT2D eigenvalue weighted by atomic mass is 9.77. The van der Waals surface area contributed by atoms with E-state index < -0.39 is 0 Å². The summed E-state index contributed by atoms with van der Waals surface area (Å²) < 4.78 is 0. The van der Waals surface area contributed by atoms with E-state index in [1.807, 2.05) is 0 Å². The van der Waals surface area contributed by atoms with Crippen molar-refractivity contribution >= 4 is 5.91 Å². The topological polar surface area (TPSA) is 32.3 Å². The highest BCUT2D eigenvalue weighted by Gasteiger charge is 2.44. The molecule has 3 rings (SSSR count). The average Bonchev–Trinajstić information content (AvgIpc) is 2.85. The van der Waals surface area contributed by atoms with E-state index in [9.17, 15) is 4.79 Å². The van der Waals surface area contributed by atoms with Gasteiger partial charge in [0.15, 0.2) is 0 Å². The molecular weight excluding hydrogens is 224 g/mol. The van der Waals surface area contributed by atoms with Crippen molar-refractivity contribution in [2.24, 2.45) is 5.92 Å². The van der Waals surface area contributed by atoms with Crippen LogP contribution in [-0.4, -0.2) is 35.5 Å². The van der Waals surface area contributed by atoms with Crippen molar-refractivity contribution in [1.82, 2.24) is 10.2 Å². The van der Waals surface area contributed by atoms with Crippen LogP contribution in [0, 0.1) is 5.92 Å². The first-order valence-corrected chi connectivity index (χ1v) is 7.77. The Morgan fingerprint density at radius 3 is 2.72 bits per heavy atom. The van der Waals surface area contributed by atoms with Crippen molar-refractivity contribution in [3.63, 3.8) is 0 Å². The van der Waals surface area contributed by atoms with E-state index in [1.165, 1.54) is 38.5 Å². The zero-order chi connectivity index (χ0) is 12.6. The molecule has 1 N–H and O–H groups in total. The van der Waals surface area contributed by atoms with Crippen LogP contribution in [0.4, 0.5) is 0 Å². The highest BCUT2D eigenvalue weighted by molar-refractivity contribution is 5.86. The van der Waals surface area contributed by atoms with Crippen LogP contribution in [0.2, 0.25) is 0 Å². The number of hydrogen-bond acceptors (Lipinski definition) is 2. The number of likely N-dealkylation sites (tertiary alicyclic amines) is 1. The Balaban J connectivity index is 1.75. The van der Waals surface area contributed by atoms with E-state index in [0.717, 1.165) is 31.8 Å². The number of carbonyl (C=O) groups is 1. The zero-order valence-electron chi connectivity index (χ0n) is 11.6. The highest BCUT2D eigenvalue weighted by atomic mass is 16.2. The normalized spacial score (nSPS) is 40.6. The molecule has 18 heavy (non-hydrogen) atoms. The lowest BCUT2D eigenvalue weighted by Gasteiger charge is -2.46. The highest BCUT2D eigenvalue weighted by Crippen LogP contribution is 2.37. The van der Waals surface area contributed by atoms with Gasteiger partial charge in [-0.1, -0.05) is 12.8 Å². The minimum absolute atomic E-state index is 0.265. The monoisotopic (exact) mass is 250 g/mol. The third-order valence-electron chi connectivity index (χ3n) is 5.34. The fraction of sp³-hybridized carbons (Fsp3) is 0.933. The fourth-order valence-electron chi connectivity index (χ4n) is 4.27. The fourth-order valence-corrected chi connectivity index (χ4v) is 4.27. The van der Waals surface area contributed by atoms with Gasteiger partial charge in [0.25, 0.3) is 0 Å². The van der Waals surface area contributed by atoms with Crippen LogP contribution in [0.3, 0.4) is 0 Å². The molecule has 0 spiro atoms. The zero-order valence-corrected chi connectivity index (χ0v) is 11.6. The molecule has 3 atom stereocenters. The molecule has 0 aromatic carbocycles. The molecule has 1 unspecified atom stereocenters. The Morgan fingerprint density at radius 1 is 1.17 bits per heavy atom. The molecule has 3 fully saturated rings. The molecular formula is C15H26N2O. The molecule has 0 aromatic rings. The quantitative estimate of drug-likeness (QED) is 0.774. The van der Waals surface area contributed by atoms with Gasteiger partial charge < -0.3 is 10.2 Å². The number of fused-ring (bicyclic) bond motifs is 1. The van der Waals surface area contributed by atoms with Gasteiger partial charge in [0.2, 0.25) is 5.91 Å². The molecule has 2 heterocycles. The summed E-state index contributed by atoms with van der Waals surface area (Å²) in [6.07, 6.45) is 9.99. The molecule has 2 aliphatic heterocycles. The second kappa shape index (κ2) is 4.84. The van der Waals surface area contributed by atoms with Crippen LogP contribution >= 0.6 is 0 Å². The molecule has 102 valence electrons. The molecule has 3 nitrogen and oxygen atoms in total. The third-order valence-corrected chi connectivity index (χ3v) is 5.34. The van der Waals surface area contributed by atoms with E-state index in [4.69, 9.17) is 0 Å². The summed E-state index contributed by atoms with van der Waals surface area (Å²) >= 11 is 0. The van der Waals surface area contributed by atoms with Gasteiger partial charge >= 0.3 is 0 Å². The lowest BCUT2D eigenvalue weighted by molar-refractivity contribution is -0.143. The predicted octanol–water partition coefficient (Wildman–Crippen LogP) is 2.31. The smallest absolute Gasteiger partial charge is 0.242 e. The molecule has 0 bridgehead atoms. The Bertz CT molecular complexity index is 320. The van der Waals surface area contributed by atoms with Gasteiger partial charge in [-0.2, -0.15) is 0 Å². The number of amides is 1. The number of rotatable bonds is 1. The lowest BCUT2D eigenvalue weighted by Crippen LogP contribution is -2.59. The first-order chi connectivity index (χ1) is 8.71. The van der Waals surface area contributed by atoms with E-state index in [0.29, 0.717) is 11.9 Å². The first kappa shape index (κ1) is 12.5. The summed E-state index contributed by atoms with van der Waals surface area (Å²) in [5.41, 5.74) is -0.265. The maximum atomic E-state index is 12.8. The van der Waals surface area contributed by atoms with Crippen molar-refractivity contribution in [3.05, 3.63) is 0 Å². The molecule has 1 saturated carbocycles. The molecule has 3 heteroatoms. The molecule has 3 aliphatic rings. The Morgan fingerprint density at radius 2 is 1.94 bits per heavy atom. The van der Waals surface area contributed by atoms with Crippen molar-refractivity contribution in [2.75, 3.05) is 13.1 Å². The van der Waals surface area contributed by atoms with Crippen molar-refractivity contribution < 1.29 is 4.79 Å². The number of hydrogen-bond donors (Lipinski definition) is 1.